The SMILES string of the molecule is CCOc1ccc(C[C@@H](CNC(=O)c2ccoc2)C(N)=O)cc1. The molecular weight excluding hydrogens is 296 g/mol. The zero-order valence-electron chi connectivity index (χ0n) is 13.0. The predicted octanol–water partition coefficient (Wildman–Crippen LogP) is 1.75. The van der Waals surface area contributed by atoms with Gasteiger partial charge >= 0.3 is 0 Å². The summed E-state index contributed by atoms with van der Waals surface area (Å²) in [5, 5.41) is 2.69. The third kappa shape index (κ3) is 4.88. The molecule has 2 rings (SSSR count). The lowest BCUT2D eigenvalue weighted by Crippen LogP contribution is -2.37. The van der Waals surface area contributed by atoms with E-state index in [2.05, 4.69) is 5.32 Å². The van der Waals surface area contributed by atoms with E-state index < -0.39 is 11.8 Å². The van der Waals surface area contributed by atoms with Gasteiger partial charge in [-0.2, -0.15) is 0 Å². The second kappa shape index (κ2) is 8.03. The number of primary amides is 1. The van der Waals surface area contributed by atoms with Gasteiger partial charge in [0, 0.05) is 6.54 Å². The van der Waals surface area contributed by atoms with Crippen molar-refractivity contribution < 1.29 is 18.7 Å². The fourth-order valence-corrected chi connectivity index (χ4v) is 2.16. The summed E-state index contributed by atoms with van der Waals surface area (Å²) < 4.78 is 10.2. The van der Waals surface area contributed by atoms with Crippen molar-refractivity contribution in [1.29, 1.82) is 0 Å². The fraction of sp³-hybridized carbons (Fsp3) is 0.294. The van der Waals surface area contributed by atoms with Gasteiger partial charge in [-0.15, -0.1) is 0 Å². The standard InChI is InChI=1S/C17H20N2O4/c1-2-23-15-5-3-12(4-6-15)9-14(16(18)20)10-19-17(21)13-7-8-22-11-13/h3-8,11,14H,2,9-10H2,1H3,(H2,18,20)(H,19,21)/t14-/m0/s1. The molecule has 3 N–H and O–H groups in total. The van der Waals surface area contributed by atoms with Crippen molar-refractivity contribution in [2.24, 2.45) is 11.7 Å². The Labute approximate surface area is 134 Å². The molecule has 1 atom stereocenters. The van der Waals surface area contributed by atoms with E-state index in [-0.39, 0.29) is 12.5 Å². The highest BCUT2D eigenvalue weighted by molar-refractivity contribution is 5.94. The first-order valence-corrected chi connectivity index (χ1v) is 7.41. The van der Waals surface area contributed by atoms with Crippen LogP contribution in [0.5, 0.6) is 5.75 Å². The van der Waals surface area contributed by atoms with Crippen LogP contribution in [0.15, 0.2) is 47.3 Å². The number of furan rings is 1. The molecule has 0 aliphatic carbocycles. The van der Waals surface area contributed by atoms with Gasteiger partial charge in [0.05, 0.1) is 24.4 Å². The number of rotatable bonds is 8. The molecule has 6 heteroatoms. The van der Waals surface area contributed by atoms with Crippen LogP contribution in [0, 0.1) is 5.92 Å². The molecule has 122 valence electrons. The predicted molar refractivity (Wildman–Crippen MR) is 85.0 cm³/mol. The molecule has 1 aromatic carbocycles. The van der Waals surface area contributed by atoms with E-state index in [4.69, 9.17) is 14.9 Å². The fourth-order valence-electron chi connectivity index (χ4n) is 2.16. The quantitative estimate of drug-likeness (QED) is 0.775. The summed E-state index contributed by atoms with van der Waals surface area (Å²) in [4.78, 5) is 23.5. The molecule has 1 heterocycles. The normalized spacial score (nSPS) is 11.7. The molecule has 2 amide bonds. The lowest BCUT2D eigenvalue weighted by Gasteiger charge is -2.14. The summed E-state index contributed by atoms with van der Waals surface area (Å²) in [5.41, 5.74) is 6.80. The van der Waals surface area contributed by atoms with Gasteiger partial charge in [0.1, 0.15) is 12.0 Å². The summed E-state index contributed by atoms with van der Waals surface area (Å²) in [6.07, 6.45) is 3.22. The Kier molecular flexibility index (Phi) is 5.80. The van der Waals surface area contributed by atoms with Crippen molar-refractivity contribution in [3.63, 3.8) is 0 Å². The molecular formula is C17H20N2O4. The summed E-state index contributed by atoms with van der Waals surface area (Å²) in [6, 6.07) is 9.03. The van der Waals surface area contributed by atoms with Crippen molar-refractivity contribution in [2.75, 3.05) is 13.2 Å². The molecule has 1 aromatic heterocycles. The average Bonchev–Trinajstić information content (AvgIpc) is 3.07. The van der Waals surface area contributed by atoms with Gasteiger partial charge in [-0.3, -0.25) is 9.59 Å². The van der Waals surface area contributed by atoms with Crippen LogP contribution in [-0.2, 0) is 11.2 Å². The number of nitrogens with two attached hydrogens (primary N) is 1. The Hall–Kier alpha value is -2.76. The Balaban J connectivity index is 1.93. The van der Waals surface area contributed by atoms with Crippen LogP contribution in [0.25, 0.3) is 0 Å². The van der Waals surface area contributed by atoms with E-state index in [9.17, 15) is 9.59 Å². The first-order chi connectivity index (χ1) is 11.1. The molecule has 2 aromatic rings. The molecule has 6 nitrogen and oxygen atoms in total. The molecule has 0 aliphatic rings. The Bertz CT molecular complexity index is 635. The van der Waals surface area contributed by atoms with Crippen LogP contribution in [0.4, 0.5) is 0 Å². The number of hydrogen-bond donors (Lipinski definition) is 2. The number of carbonyl (C=O) groups excluding carboxylic acids is 2. The average molecular weight is 316 g/mol. The van der Waals surface area contributed by atoms with Gasteiger partial charge in [-0.25, -0.2) is 0 Å². The lowest BCUT2D eigenvalue weighted by atomic mass is 9.98. The third-order valence-electron chi connectivity index (χ3n) is 3.41. The third-order valence-corrected chi connectivity index (χ3v) is 3.41. The van der Waals surface area contributed by atoms with Crippen LogP contribution in [0.1, 0.15) is 22.8 Å². The summed E-state index contributed by atoms with van der Waals surface area (Å²) in [5.74, 6) is -0.452. The Morgan fingerprint density at radius 3 is 2.57 bits per heavy atom. The molecule has 0 radical (unpaired) electrons. The highest BCUT2D eigenvalue weighted by atomic mass is 16.5. The summed E-state index contributed by atoms with van der Waals surface area (Å²) in [6.45, 7) is 2.69. The minimum atomic E-state index is -0.483. The highest BCUT2D eigenvalue weighted by Crippen LogP contribution is 2.15. The molecule has 0 spiro atoms. The van der Waals surface area contributed by atoms with Crippen LogP contribution in [-0.4, -0.2) is 25.0 Å². The largest absolute Gasteiger partial charge is 0.494 e. The van der Waals surface area contributed by atoms with E-state index in [1.807, 2.05) is 31.2 Å². The summed E-state index contributed by atoms with van der Waals surface area (Å²) in [7, 11) is 0. The van der Waals surface area contributed by atoms with Gasteiger partial charge in [0.25, 0.3) is 5.91 Å². The molecule has 0 fully saturated rings. The minimum Gasteiger partial charge on any atom is -0.494 e. The van der Waals surface area contributed by atoms with Crippen LogP contribution in [0.3, 0.4) is 0 Å². The van der Waals surface area contributed by atoms with Gasteiger partial charge in [0.2, 0.25) is 5.91 Å². The second-order valence-electron chi connectivity index (χ2n) is 5.10. The highest BCUT2D eigenvalue weighted by Gasteiger charge is 2.18. The Morgan fingerprint density at radius 2 is 2.00 bits per heavy atom. The maximum Gasteiger partial charge on any atom is 0.254 e. The van der Waals surface area contributed by atoms with Crippen molar-refractivity contribution >= 4 is 11.8 Å². The maximum atomic E-state index is 11.9. The molecule has 0 saturated heterocycles. The van der Waals surface area contributed by atoms with E-state index >= 15 is 0 Å². The second-order valence-corrected chi connectivity index (χ2v) is 5.10. The zero-order valence-corrected chi connectivity index (χ0v) is 13.0. The first-order valence-electron chi connectivity index (χ1n) is 7.41. The van der Waals surface area contributed by atoms with Gasteiger partial charge in [-0.05, 0) is 37.1 Å². The maximum absolute atomic E-state index is 11.9. The first kappa shape index (κ1) is 16.6. The number of carbonyl (C=O) groups is 2. The Morgan fingerprint density at radius 1 is 1.26 bits per heavy atom. The monoisotopic (exact) mass is 316 g/mol. The van der Waals surface area contributed by atoms with Gasteiger partial charge in [0.15, 0.2) is 0 Å². The minimum absolute atomic E-state index is 0.173. The smallest absolute Gasteiger partial charge is 0.254 e. The van der Waals surface area contributed by atoms with E-state index in [1.165, 1.54) is 12.5 Å². The van der Waals surface area contributed by atoms with Crippen molar-refractivity contribution in [3.05, 3.63) is 54.0 Å². The van der Waals surface area contributed by atoms with Crippen LogP contribution >= 0.6 is 0 Å². The number of hydrogen-bond acceptors (Lipinski definition) is 4. The van der Waals surface area contributed by atoms with Gasteiger partial charge < -0.3 is 20.2 Å². The summed E-state index contributed by atoms with van der Waals surface area (Å²) >= 11 is 0. The number of benzene rings is 1. The van der Waals surface area contributed by atoms with E-state index in [0.29, 0.717) is 18.6 Å². The van der Waals surface area contributed by atoms with E-state index in [0.717, 1.165) is 11.3 Å². The number of amides is 2. The molecule has 0 unspecified atom stereocenters. The lowest BCUT2D eigenvalue weighted by molar-refractivity contribution is -0.121. The number of ether oxygens (including phenoxy) is 1. The molecule has 23 heavy (non-hydrogen) atoms. The molecule has 0 aliphatic heterocycles. The van der Waals surface area contributed by atoms with Crippen LogP contribution in [0.2, 0.25) is 0 Å². The molecule has 0 saturated carbocycles. The molecule has 0 bridgehead atoms. The van der Waals surface area contributed by atoms with Crippen molar-refractivity contribution in [1.82, 2.24) is 5.32 Å². The topological polar surface area (TPSA) is 94.6 Å². The van der Waals surface area contributed by atoms with Gasteiger partial charge in [-0.1, -0.05) is 12.1 Å². The van der Waals surface area contributed by atoms with Crippen molar-refractivity contribution in [3.8, 4) is 5.75 Å². The van der Waals surface area contributed by atoms with Crippen molar-refractivity contribution in [2.45, 2.75) is 13.3 Å². The van der Waals surface area contributed by atoms with Crippen LogP contribution < -0.4 is 15.8 Å². The van der Waals surface area contributed by atoms with E-state index in [1.54, 1.807) is 6.07 Å². The number of nitrogens with one attached hydrogen (secondary N) is 1. The zero-order chi connectivity index (χ0) is 16.7.